The molecule has 5 nitrogen and oxygen atoms in total. The Morgan fingerprint density at radius 3 is 2.36 bits per heavy atom. The predicted octanol–water partition coefficient (Wildman–Crippen LogP) is 2.45. The van der Waals surface area contributed by atoms with Crippen LogP contribution in [0.2, 0.25) is 0 Å². The molecule has 0 spiro atoms. The van der Waals surface area contributed by atoms with Gasteiger partial charge < -0.3 is 5.32 Å². The van der Waals surface area contributed by atoms with Crippen molar-refractivity contribution in [2.75, 3.05) is 13.6 Å². The van der Waals surface area contributed by atoms with Crippen LogP contribution in [0.25, 0.3) is 0 Å². The summed E-state index contributed by atoms with van der Waals surface area (Å²) in [5.41, 5.74) is 4.38. The van der Waals surface area contributed by atoms with Crippen molar-refractivity contribution in [3.05, 3.63) is 34.4 Å². The van der Waals surface area contributed by atoms with Gasteiger partial charge in [0.05, 0.1) is 5.71 Å². The number of ketones is 2. The lowest BCUT2D eigenvalue weighted by atomic mass is 9.86. The average molecular weight is 342 g/mol. The van der Waals surface area contributed by atoms with Crippen LogP contribution in [0.1, 0.15) is 47.9 Å². The fraction of sp³-hybridized carbons (Fsp3) is 0.500. The Bertz CT molecular complexity index is 726. The molecule has 2 rings (SSSR count). The Kier molecular flexibility index (Phi) is 5.88. The SMILES string of the molecule is CN=C(C)C(=O)NCCC1CC(=O)C(c2c(C)cc(C)cc2C)C1=O. The first-order valence-corrected chi connectivity index (χ1v) is 8.62. The monoisotopic (exact) mass is 342 g/mol. The summed E-state index contributed by atoms with van der Waals surface area (Å²) in [5.74, 6) is -1.24. The van der Waals surface area contributed by atoms with E-state index in [0.29, 0.717) is 18.7 Å². The van der Waals surface area contributed by atoms with E-state index in [-0.39, 0.29) is 29.8 Å². The lowest BCUT2D eigenvalue weighted by molar-refractivity contribution is -0.125. The van der Waals surface area contributed by atoms with E-state index in [2.05, 4.69) is 10.3 Å². The lowest BCUT2D eigenvalue weighted by Crippen LogP contribution is -2.31. The van der Waals surface area contributed by atoms with Crippen LogP contribution in [0.4, 0.5) is 0 Å². The molecule has 0 saturated heterocycles. The molecule has 134 valence electrons. The summed E-state index contributed by atoms with van der Waals surface area (Å²) in [5, 5.41) is 2.75. The third kappa shape index (κ3) is 4.03. The summed E-state index contributed by atoms with van der Waals surface area (Å²) < 4.78 is 0. The van der Waals surface area contributed by atoms with Crippen LogP contribution in [0.5, 0.6) is 0 Å². The molecule has 0 radical (unpaired) electrons. The van der Waals surface area contributed by atoms with Gasteiger partial charge in [-0.1, -0.05) is 17.7 Å². The van der Waals surface area contributed by atoms with Gasteiger partial charge in [0.15, 0.2) is 5.78 Å². The molecule has 5 heteroatoms. The number of hydrogen-bond acceptors (Lipinski definition) is 4. The van der Waals surface area contributed by atoms with Crippen LogP contribution in [0.3, 0.4) is 0 Å². The highest BCUT2D eigenvalue weighted by atomic mass is 16.2. The minimum atomic E-state index is -0.653. The molecule has 2 atom stereocenters. The van der Waals surface area contributed by atoms with Crippen LogP contribution in [-0.4, -0.2) is 36.8 Å². The molecular formula is C20H26N2O3. The van der Waals surface area contributed by atoms with E-state index in [1.807, 2.05) is 32.9 Å². The van der Waals surface area contributed by atoms with Crippen molar-refractivity contribution in [1.29, 1.82) is 0 Å². The Balaban J connectivity index is 2.09. The van der Waals surface area contributed by atoms with Gasteiger partial charge in [0.2, 0.25) is 0 Å². The summed E-state index contributed by atoms with van der Waals surface area (Å²) in [7, 11) is 1.56. The molecule has 1 N–H and O–H groups in total. The van der Waals surface area contributed by atoms with Gasteiger partial charge >= 0.3 is 0 Å². The maximum atomic E-state index is 12.8. The number of aryl methyl sites for hydroxylation is 3. The molecule has 0 aromatic heterocycles. The summed E-state index contributed by atoms with van der Waals surface area (Å²) in [6.45, 7) is 7.92. The largest absolute Gasteiger partial charge is 0.351 e. The van der Waals surface area contributed by atoms with Crippen molar-refractivity contribution in [2.24, 2.45) is 10.9 Å². The summed E-state index contributed by atoms with van der Waals surface area (Å²) in [6, 6.07) is 4.03. The van der Waals surface area contributed by atoms with Crippen LogP contribution >= 0.6 is 0 Å². The number of Topliss-reactive ketones (excluding diaryl/α,β-unsaturated/α-hetero) is 2. The number of carbonyl (C=O) groups excluding carboxylic acids is 3. The second-order valence-electron chi connectivity index (χ2n) is 6.87. The zero-order chi connectivity index (χ0) is 18.7. The number of aliphatic imine (C=N–C) groups is 1. The summed E-state index contributed by atoms with van der Waals surface area (Å²) in [6.07, 6.45) is 0.737. The number of amides is 1. The molecule has 1 saturated carbocycles. The number of nitrogens with zero attached hydrogens (tertiary/aromatic N) is 1. The van der Waals surface area contributed by atoms with Crippen LogP contribution in [0, 0.1) is 26.7 Å². The molecule has 0 heterocycles. The third-order valence-electron chi connectivity index (χ3n) is 4.93. The topological polar surface area (TPSA) is 75.6 Å². The first-order chi connectivity index (χ1) is 11.8. The van der Waals surface area contributed by atoms with Crippen molar-refractivity contribution < 1.29 is 14.4 Å². The standard InChI is InChI=1S/C20H26N2O3/c1-11-8-12(2)17(13(3)9-11)18-16(23)10-15(19(18)24)6-7-22-20(25)14(4)21-5/h8-9,15,18H,6-7,10H2,1-5H3,(H,22,25). The quantitative estimate of drug-likeness (QED) is 0.660. The number of carbonyl (C=O) groups is 3. The molecule has 2 unspecified atom stereocenters. The molecular weight excluding hydrogens is 316 g/mol. The number of rotatable bonds is 5. The molecule has 0 aliphatic heterocycles. The van der Waals surface area contributed by atoms with E-state index in [4.69, 9.17) is 0 Å². The lowest BCUT2D eigenvalue weighted by Gasteiger charge is -2.16. The van der Waals surface area contributed by atoms with E-state index in [1.54, 1.807) is 14.0 Å². The predicted molar refractivity (Wildman–Crippen MR) is 98.2 cm³/mol. The van der Waals surface area contributed by atoms with E-state index in [1.165, 1.54) is 0 Å². The van der Waals surface area contributed by atoms with E-state index in [9.17, 15) is 14.4 Å². The van der Waals surface area contributed by atoms with E-state index in [0.717, 1.165) is 22.3 Å². The summed E-state index contributed by atoms with van der Waals surface area (Å²) >= 11 is 0. The fourth-order valence-corrected chi connectivity index (χ4v) is 3.64. The number of hydrogen-bond donors (Lipinski definition) is 1. The molecule has 1 aliphatic rings. The van der Waals surface area contributed by atoms with Crippen LogP contribution in [-0.2, 0) is 14.4 Å². The van der Waals surface area contributed by atoms with Gasteiger partial charge in [0, 0.05) is 25.9 Å². The van der Waals surface area contributed by atoms with Crippen molar-refractivity contribution in [1.82, 2.24) is 5.32 Å². The average Bonchev–Trinajstić information content (AvgIpc) is 2.81. The zero-order valence-corrected chi connectivity index (χ0v) is 15.6. The van der Waals surface area contributed by atoms with Crippen LogP contribution < -0.4 is 5.32 Å². The maximum Gasteiger partial charge on any atom is 0.264 e. The van der Waals surface area contributed by atoms with Gasteiger partial charge in [0.25, 0.3) is 5.91 Å². The van der Waals surface area contributed by atoms with Crippen molar-refractivity contribution in [2.45, 2.75) is 46.5 Å². The van der Waals surface area contributed by atoms with Gasteiger partial charge in [-0.2, -0.15) is 0 Å². The van der Waals surface area contributed by atoms with Gasteiger partial charge in [-0.25, -0.2) is 0 Å². The molecule has 0 bridgehead atoms. The molecule has 1 fully saturated rings. The maximum absolute atomic E-state index is 12.8. The molecule has 1 amide bonds. The summed E-state index contributed by atoms with van der Waals surface area (Å²) in [4.78, 5) is 40.9. The normalized spacial score (nSPS) is 20.9. The second kappa shape index (κ2) is 7.72. The fourth-order valence-electron chi connectivity index (χ4n) is 3.64. The van der Waals surface area contributed by atoms with E-state index < -0.39 is 5.92 Å². The molecule has 1 aromatic carbocycles. The first kappa shape index (κ1) is 19.0. The Morgan fingerprint density at radius 1 is 1.20 bits per heavy atom. The minimum absolute atomic E-state index is 0.0114. The molecule has 1 aromatic rings. The second-order valence-corrected chi connectivity index (χ2v) is 6.87. The smallest absolute Gasteiger partial charge is 0.264 e. The van der Waals surface area contributed by atoms with Crippen molar-refractivity contribution in [3.8, 4) is 0 Å². The van der Waals surface area contributed by atoms with E-state index >= 15 is 0 Å². The third-order valence-corrected chi connectivity index (χ3v) is 4.93. The first-order valence-electron chi connectivity index (χ1n) is 8.62. The highest BCUT2D eigenvalue weighted by Gasteiger charge is 2.42. The van der Waals surface area contributed by atoms with Gasteiger partial charge in [-0.05, 0) is 50.8 Å². The highest BCUT2D eigenvalue weighted by Crippen LogP contribution is 2.37. The van der Waals surface area contributed by atoms with Crippen LogP contribution in [0.15, 0.2) is 17.1 Å². The Morgan fingerprint density at radius 2 is 1.80 bits per heavy atom. The number of nitrogens with one attached hydrogen (secondary N) is 1. The van der Waals surface area contributed by atoms with Gasteiger partial charge in [-0.3, -0.25) is 19.4 Å². The highest BCUT2D eigenvalue weighted by molar-refractivity contribution is 6.37. The zero-order valence-electron chi connectivity index (χ0n) is 15.6. The van der Waals surface area contributed by atoms with Gasteiger partial charge in [-0.15, -0.1) is 0 Å². The van der Waals surface area contributed by atoms with Gasteiger partial charge in [0.1, 0.15) is 11.7 Å². The Hall–Kier alpha value is -2.30. The molecule has 25 heavy (non-hydrogen) atoms. The van der Waals surface area contributed by atoms with Crippen molar-refractivity contribution in [3.63, 3.8) is 0 Å². The minimum Gasteiger partial charge on any atom is -0.351 e. The van der Waals surface area contributed by atoms with Crippen molar-refractivity contribution >= 4 is 23.2 Å². The number of benzene rings is 1. The Labute approximate surface area is 148 Å². The molecule has 1 aliphatic carbocycles.